The first-order valence-electron chi connectivity index (χ1n) is 10.2. The van der Waals surface area contributed by atoms with Gasteiger partial charge in [-0.15, -0.1) is 0 Å². The van der Waals surface area contributed by atoms with E-state index in [0.29, 0.717) is 42.7 Å². The molecule has 4 aromatic rings. The van der Waals surface area contributed by atoms with Gasteiger partial charge in [-0.25, -0.2) is 0 Å². The minimum Gasteiger partial charge on any atom is -0.366 e. The number of pyridine rings is 1. The molecule has 1 aliphatic rings. The average molecular weight is 450 g/mol. The highest BCUT2D eigenvalue weighted by molar-refractivity contribution is 6.33. The molecule has 1 saturated heterocycles. The largest absolute Gasteiger partial charge is 0.366 e. The van der Waals surface area contributed by atoms with Crippen molar-refractivity contribution < 1.29 is 4.52 Å². The molecule has 1 fully saturated rings. The number of hydrogen-bond acceptors (Lipinski definition) is 8. The van der Waals surface area contributed by atoms with Crippen LogP contribution in [0.3, 0.4) is 0 Å². The summed E-state index contributed by atoms with van der Waals surface area (Å²) < 4.78 is 6.72. The summed E-state index contributed by atoms with van der Waals surface area (Å²) in [6.07, 6.45) is 5.07. The van der Waals surface area contributed by atoms with E-state index in [1.54, 1.807) is 18.6 Å². The summed E-state index contributed by atoms with van der Waals surface area (Å²) in [5.41, 5.74) is 1.83. The Bertz CT molecular complexity index is 1250. The van der Waals surface area contributed by atoms with Crippen molar-refractivity contribution in [2.75, 3.05) is 31.1 Å². The molecule has 0 spiro atoms. The molecule has 9 nitrogen and oxygen atoms in total. The average Bonchev–Trinajstić information content (AvgIpc) is 3.31. The van der Waals surface area contributed by atoms with Crippen molar-refractivity contribution in [1.82, 2.24) is 29.8 Å². The lowest BCUT2D eigenvalue weighted by atomic mass is 10.2. The summed E-state index contributed by atoms with van der Waals surface area (Å²) in [5.74, 6) is 1.09. The second-order valence-electron chi connectivity index (χ2n) is 7.41. The molecule has 0 bridgehead atoms. The minimum absolute atomic E-state index is 0.176. The Morgan fingerprint density at radius 1 is 1.00 bits per heavy atom. The monoisotopic (exact) mass is 449 g/mol. The van der Waals surface area contributed by atoms with Crippen LogP contribution < -0.4 is 10.5 Å². The van der Waals surface area contributed by atoms with Gasteiger partial charge in [0.15, 0.2) is 0 Å². The van der Waals surface area contributed by atoms with Crippen LogP contribution >= 0.6 is 11.6 Å². The van der Waals surface area contributed by atoms with Gasteiger partial charge < -0.3 is 9.42 Å². The van der Waals surface area contributed by atoms with Crippen LogP contribution in [0.4, 0.5) is 5.69 Å². The number of hydrogen-bond donors (Lipinski definition) is 0. The van der Waals surface area contributed by atoms with Crippen molar-refractivity contribution in [2.24, 2.45) is 0 Å². The molecule has 162 valence electrons. The second kappa shape index (κ2) is 8.89. The van der Waals surface area contributed by atoms with Gasteiger partial charge in [-0.3, -0.25) is 14.7 Å². The summed E-state index contributed by atoms with van der Waals surface area (Å²) in [6.45, 7) is 3.51. The Balaban J connectivity index is 1.24. The Labute approximate surface area is 188 Å². The fraction of sp³-hybridized carbons (Fsp3) is 0.227. The maximum absolute atomic E-state index is 12.8. The zero-order valence-electron chi connectivity index (χ0n) is 17.1. The van der Waals surface area contributed by atoms with E-state index < -0.39 is 0 Å². The number of anilines is 1. The van der Waals surface area contributed by atoms with Gasteiger partial charge in [0.2, 0.25) is 11.7 Å². The third-order valence-electron chi connectivity index (χ3n) is 5.36. The molecule has 10 heteroatoms. The van der Waals surface area contributed by atoms with Crippen molar-refractivity contribution in [3.63, 3.8) is 0 Å². The molecule has 32 heavy (non-hydrogen) atoms. The van der Waals surface area contributed by atoms with Gasteiger partial charge in [0, 0.05) is 44.1 Å². The van der Waals surface area contributed by atoms with Gasteiger partial charge in [0.05, 0.1) is 24.1 Å². The molecule has 0 unspecified atom stereocenters. The van der Waals surface area contributed by atoms with Gasteiger partial charge >= 0.3 is 0 Å². The molecular weight excluding hydrogens is 430 g/mol. The van der Waals surface area contributed by atoms with E-state index in [1.807, 2.05) is 42.5 Å². The molecule has 5 rings (SSSR count). The Kier molecular flexibility index (Phi) is 5.66. The van der Waals surface area contributed by atoms with Gasteiger partial charge in [-0.2, -0.15) is 14.8 Å². The molecule has 0 N–H and O–H groups in total. The second-order valence-corrected chi connectivity index (χ2v) is 7.79. The highest BCUT2D eigenvalue weighted by atomic mass is 35.5. The van der Waals surface area contributed by atoms with Crippen LogP contribution in [0.15, 0.2) is 70.4 Å². The predicted molar refractivity (Wildman–Crippen MR) is 120 cm³/mol. The molecular formula is C22H20ClN7O2. The van der Waals surface area contributed by atoms with Crippen LogP contribution in [0.1, 0.15) is 5.89 Å². The molecule has 0 radical (unpaired) electrons. The van der Waals surface area contributed by atoms with Gasteiger partial charge in [0.25, 0.3) is 5.56 Å². The Hall–Kier alpha value is -3.56. The summed E-state index contributed by atoms with van der Waals surface area (Å²) in [5, 5.41) is 8.55. The molecule has 1 aliphatic heterocycles. The molecule has 1 aromatic carbocycles. The highest BCUT2D eigenvalue weighted by Crippen LogP contribution is 2.23. The fourth-order valence-corrected chi connectivity index (χ4v) is 3.92. The standard InChI is InChI=1S/C22H20ClN7O2/c23-20-18(14-25-30(22(20)31)17-6-2-1-3-7-17)29-11-9-28(10-12-29)15-19-26-21(27-32-19)16-5-4-8-24-13-16/h1-8,13-14H,9-12,15H2. The van der Waals surface area contributed by atoms with E-state index in [0.717, 1.165) is 18.7 Å². The van der Waals surface area contributed by atoms with Gasteiger partial charge in [0.1, 0.15) is 5.02 Å². The summed E-state index contributed by atoms with van der Waals surface area (Å²) in [6, 6.07) is 13.0. The normalized spacial score (nSPS) is 14.6. The summed E-state index contributed by atoms with van der Waals surface area (Å²) >= 11 is 6.44. The number of aromatic nitrogens is 5. The van der Waals surface area contributed by atoms with Crippen LogP contribution in [-0.4, -0.2) is 56.0 Å². The van der Waals surface area contributed by atoms with E-state index >= 15 is 0 Å². The molecule has 4 heterocycles. The SMILES string of the molecule is O=c1c(Cl)c(N2CCN(Cc3nc(-c4cccnc4)no3)CC2)cnn1-c1ccccc1. The fourth-order valence-electron chi connectivity index (χ4n) is 3.67. The van der Waals surface area contributed by atoms with Crippen molar-refractivity contribution in [3.05, 3.63) is 82.3 Å². The molecule has 3 aromatic heterocycles. The lowest BCUT2D eigenvalue weighted by molar-refractivity contribution is 0.215. The molecule has 0 saturated carbocycles. The number of nitrogens with zero attached hydrogens (tertiary/aromatic N) is 7. The summed E-state index contributed by atoms with van der Waals surface area (Å²) in [7, 11) is 0. The number of halogens is 1. The van der Waals surface area contributed by atoms with Crippen LogP contribution in [0.5, 0.6) is 0 Å². The number of para-hydroxylation sites is 1. The van der Waals surface area contributed by atoms with Crippen molar-refractivity contribution in [2.45, 2.75) is 6.54 Å². The maximum Gasteiger partial charge on any atom is 0.292 e. The van der Waals surface area contributed by atoms with Crippen LogP contribution in [-0.2, 0) is 6.54 Å². The first kappa shape index (κ1) is 20.3. The quantitative estimate of drug-likeness (QED) is 0.459. The van der Waals surface area contributed by atoms with E-state index in [9.17, 15) is 4.79 Å². The Morgan fingerprint density at radius 2 is 1.81 bits per heavy atom. The maximum atomic E-state index is 12.8. The number of rotatable bonds is 5. The predicted octanol–water partition coefficient (Wildman–Crippen LogP) is 2.65. The van der Waals surface area contributed by atoms with E-state index in [1.165, 1.54) is 4.68 Å². The lowest BCUT2D eigenvalue weighted by Crippen LogP contribution is -2.46. The van der Waals surface area contributed by atoms with Crippen molar-refractivity contribution >= 4 is 17.3 Å². The molecule has 0 amide bonds. The number of piperazine rings is 1. The van der Waals surface area contributed by atoms with E-state index in [4.69, 9.17) is 16.1 Å². The highest BCUT2D eigenvalue weighted by Gasteiger charge is 2.23. The molecule has 0 atom stereocenters. The first-order chi connectivity index (χ1) is 15.7. The lowest BCUT2D eigenvalue weighted by Gasteiger charge is -2.35. The smallest absolute Gasteiger partial charge is 0.292 e. The zero-order valence-corrected chi connectivity index (χ0v) is 17.9. The van der Waals surface area contributed by atoms with Crippen LogP contribution in [0.25, 0.3) is 17.1 Å². The van der Waals surface area contributed by atoms with Crippen LogP contribution in [0.2, 0.25) is 5.02 Å². The van der Waals surface area contributed by atoms with Gasteiger partial charge in [-0.05, 0) is 24.3 Å². The van der Waals surface area contributed by atoms with Crippen molar-refractivity contribution in [1.29, 1.82) is 0 Å². The zero-order chi connectivity index (χ0) is 21.9. The third kappa shape index (κ3) is 4.12. The third-order valence-corrected chi connectivity index (χ3v) is 5.72. The van der Waals surface area contributed by atoms with Crippen molar-refractivity contribution in [3.8, 4) is 17.1 Å². The molecule has 0 aliphatic carbocycles. The van der Waals surface area contributed by atoms with E-state index in [2.05, 4.69) is 30.0 Å². The Morgan fingerprint density at radius 3 is 2.56 bits per heavy atom. The topological polar surface area (TPSA) is 93.2 Å². The first-order valence-corrected chi connectivity index (χ1v) is 10.6. The minimum atomic E-state index is -0.327. The summed E-state index contributed by atoms with van der Waals surface area (Å²) in [4.78, 5) is 25.6. The number of benzene rings is 1. The van der Waals surface area contributed by atoms with Crippen LogP contribution in [0, 0.1) is 0 Å². The van der Waals surface area contributed by atoms with Gasteiger partial charge in [-0.1, -0.05) is 35.0 Å². The van der Waals surface area contributed by atoms with E-state index in [-0.39, 0.29) is 10.6 Å².